The lowest BCUT2D eigenvalue weighted by molar-refractivity contribution is -0.131. The Morgan fingerprint density at radius 3 is 2.57 bits per heavy atom. The molecule has 5 nitrogen and oxygen atoms in total. The van der Waals surface area contributed by atoms with Gasteiger partial charge >= 0.3 is 11.9 Å². The lowest BCUT2D eigenvalue weighted by Gasteiger charge is -2.10. The van der Waals surface area contributed by atoms with Crippen molar-refractivity contribution in [3.8, 4) is 0 Å². The number of carbonyl (C=O) groups is 3. The summed E-state index contributed by atoms with van der Waals surface area (Å²) < 4.78 is 4.90. The van der Waals surface area contributed by atoms with Gasteiger partial charge in [0, 0.05) is 6.08 Å². The summed E-state index contributed by atoms with van der Waals surface area (Å²) in [6.45, 7) is 3.22. The molecule has 6 heteroatoms. The maximum absolute atomic E-state index is 11.8. The minimum absolute atomic E-state index is 0.203. The summed E-state index contributed by atoms with van der Waals surface area (Å²) in [7, 11) is 0. The fourth-order valence-corrected chi connectivity index (χ4v) is 1.80. The molecule has 1 aromatic carbocycles. The zero-order valence-electron chi connectivity index (χ0n) is 11.6. The largest absolute Gasteiger partial charge is 0.478 e. The van der Waals surface area contributed by atoms with Crippen LogP contribution in [0.3, 0.4) is 0 Å². The number of carboxylic acid groups (broad SMARTS) is 1. The summed E-state index contributed by atoms with van der Waals surface area (Å²) in [5.74, 6) is -1.96. The lowest BCUT2D eigenvalue weighted by atomic mass is 10.0. The van der Waals surface area contributed by atoms with Gasteiger partial charge in [0.15, 0.2) is 5.78 Å². The molecule has 1 rings (SSSR count). The van der Waals surface area contributed by atoms with Crippen LogP contribution in [0.25, 0.3) is 6.08 Å². The summed E-state index contributed by atoms with van der Waals surface area (Å²) in [4.78, 5) is 33.8. The van der Waals surface area contributed by atoms with E-state index in [9.17, 15) is 14.4 Å². The Bertz CT molecular complexity index is 592. The molecule has 0 spiro atoms. The summed E-state index contributed by atoms with van der Waals surface area (Å²) in [5, 5.41) is 7.84. The standard InChI is InChI=1S/C15H15ClO5/c1-3-21-15(20)12-6-4-11(14(16)9(2)17)8-10(12)5-7-13(18)19/h4-8,14H,3H2,1-2H3,(H,18,19)/b7-5+. The quantitative estimate of drug-likeness (QED) is 0.496. The number of carbonyl (C=O) groups excluding carboxylic acids is 2. The minimum atomic E-state index is -1.15. The van der Waals surface area contributed by atoms with Crippen LogP contribution in [0.4, 0.5) is 0 Å². The van der Waals surface area contributed by atoms with E-state index in [1.54, 1.807) is 13.0 Å². The second-order valence-corrected chi connectivity index (χ2v) is 4.65. The highest BCUT2D eigenvalue weighted by Gasteiger charge is 2.17. The zero-order chi connectivity index (χ0) is 16.0. The van der Waals surface area contributed by atoms with Gasteiger partial charge in [-0.25, -0.2) is 9.59 Å². The molecule has 21 heavy (non-hydrogen) atoms. The number of ether oxygens (including phenoxy) is 1. The molecule has 0 heterocycles. The van der Waals surface area contributed by atoms with E-state index in [0.29, 0.717) is 11.1 Å². The number of rotatable bonds is 6. The van der Waals surface area contributed by atoms with Crippen molar-refractivity contribution < 1.29 is 24.2 Å². The Hall–Kier alpha value is -2.14. The molecule has 0 amide bonds. The molecule has 0 fully saturated rings. The normalized spacial score (nSPS) is 12.1. The molecule has 1 aromatic rings. The predicted molar refractivity (Wildman–Crippen MR) is 78.3 cm³/mol. The number of esters is 1. The first-order chi connectivity index (χ1) is 9.86. The van der Waals surface area contributed by atoms with E-state index in [-0.39, 0.29) is 18.0 Å². The lowest BCUT2D eigenvalue weighted by Crippen LogP contribution is -2.09. The monoisotopic (exact) mass is 310 g/mol. The molecule has 0 aliphatic heterocycles. The smallest absolute Gasteiger partial charge is 0.338 e. The van der Waals surface area contributed by atoms with E-state index in [4.69, 9.17) is 21.4 Å². The van der Waals surface area contributed by atoms with Crippen LogP contribution in [0.15, 0.2) is 24.3 Å². The van der Waals surface area contributed by atoms with Gasteiger partial charge in [0.1, 0.15) is 5.38 Å². The van der Waals surface area contributed by atoms with Gasteiger partial charge in [0.25, 0.3) is 0 Å². The van der Waals surface area contributed by atoms with Gasteiger partial charge in [-0.05, 0) is 43.2 Å². The van der Waals surface area contributed by atoms with Crippen LogP contribution in [0.1, 0.15) is 40.7 Å². The van der Waals surface area contributed by atoms with Gasteiger partial charge in [-0.3, -0.25) is 4.79 Å². The number of benzene rings is 1. The van der Waals surface area contributed by atoms with Gasteiger partial charge in [-0.2, -0.15) is 0 Å². The molecule has 0 radical (unpaired) electrons. The van der Waals surface area contributed by atoms with Crippen molar-refractivity contribution in [3.63, 3.8) is 0 Å². The molecular formula is C15H15ClO5. The first-order valence-corrected chi connectivity index (χ1v) is 6.67. The van der Waals surface area contributed by atoms with Crippen molar-refractivity contribution in [1.82, 2.24) is 0 Å². The van der Waals surface area contributed by atoms with Crippen molar-refractivity contribution in [2.75, 3.05) is 6.61 Å². The Morgan fingerprint density at radius 2 is 2.05 bits per heavy atom. The van der Waals surface area contributed by atoms with Crippen molar-refractivity contribution in [3.05, 3.63) is 41.0 Å². The SMILES string of the molecule is CCOC(=O)c1ccc(C(Cl)C(C)=O)cc1/C=C/C(=O)O. The first-order valence-electron chi connectivity index (χ1n) is 6.23. The Labute approximate surface area is 127 Å². The summed E-state index contributed by atoms with van der Waals surface area (Å²) in [6.07, 6.45) is 2.17. The minimum Gasteiger partial charge on any atom is -0.478 e. The Kier molecular flexibility index (Phi) is 6.11. The van der Waals surface area contributed by atoms with Gasteiger partial charge in [0.2, 0.25) is 0 Å². The van der Waals surface area contributed by atoms with E-state index in [1.807, 2.05) is 0 Å². The summed E-state index contributed by atoms with van der Waals surface area (Å²) >= 11 is 5.96. The highest BCUT2D eigenvalue weighted by Crippen LogP contribution is 2.25. The number of aliphatic carboxylic acids is 1. The Morgan fingerprint density at radius 1 is 1.38 bits per heavy atom. The van der Waals surface area contributed by atoms with Gasteiger partial charge in [-0.15, -0.1) is 11.6 Å². The fraction of sp³-hybridized carbons (Fsp3) is 0.267. The van der Waals surface area contributed by atoms with Crippen LogP contribution in [0.5, 0.6) is 0 Å². The molecule has 0 aliphatic carbocycles. The number of ketones is 1. The highest BCUT2D eigenvalue weighted by atomic mass is 35.5. The molecule has 0 bridgehead atoms. The van der Waals surface area contributed by atoms with Gasteiger partial charge < -0.3 is 9.84 Å². The third-order valence-electron chi connectivity index (χ3n) is 2.63. The summed E-state index contributed by atoms with van der Waals surface area (Å²) in [5.41, 5.74) is 1.04. The van der Waals surface area contributed by atoms with Crippen LogP contribution in [0.2, 0.25) is 0 Å². The number of halogens is 1. The molecule has 0 aromatic heterocycles. The fourth-order valence-electron chi connectivity index (χ4n) is 1.67. The third-order valence-corrected chi connectivity index (χ3v) is 3.19. The van der Waals surface area contributed by atoms with Crippen LogP contribution < -0.4 is 0 Å². The molecule has 0 aliphatic rings. The average molecular weight is 311 g/mol. The van der Waals surface area contributed by atoms with Crippen LogP contribution >= 0.6 is 11.6 Å². The molecule has 112 valence electrons. The topological polar surface area (TPSA) is 80.7 Å². The molecule has 1 unspecified atom stereocenters. The van der Waals surface area contributed by atoms with Crippen LogP contribution in [-0.4, -0.2) is 29.4 Å². The number of hydrogen-bond donors (Lipinski definition) is 1. The number of carboxylic acids is 1. The Balaban J connectivity index is 3.28. The van der Waals surface area contributed by atoms with Crippen molar-refractivity contribution in [2.24, 2.45) is 0 Å². The van der Waals surface area contributed by atoms with Crippen LogP contribution in [-0.2, 0) is 14.3 Å². The second kappa shape index (κ2) is 7.59. The zero-order valence-corrected chi connectivity index (χ0v) is 12.4. The molecule has 1 atom stereocenters. The molecule has 0 saturated heterocycles. The van der Waals surface area contributed by atoms with Crippen LogP contribution in [0, 0.1) is 0 Å². The van der Waals surface area contributed by atoms with E-state index < -0.39 is 17.3 Å². The molecular weight excluding hydrogens is 296 g/mol. The molecule has 1 N–H and O–H groups in total. The van der Waals surface area contributed by atoms with Gasteiger partial charge in [-0.1, -0.05) is 6.07 Å². The average Bonchev–Trinajstić information content (AvgIpc) is 2.44. The van der Waals surface area contributed by atoms with E-state index in [1.165, 1.54) is 25.1 Å². The van der Waals surface area contributed by atoms with Gasteiger partial charge in [0.05, 0.1) is 12.2 Å². The molecule has 0 saturated carbocycles. The number of alkyl halides is 1. The van der Waals surface area contributed by atoms with Crippen molar-refractivity contribution in [2.45, 2.75) is 19.2 Å². The predicted octanol–water partition coefficient (Wildman–Crippen LogP) is 2.83. The maximum atomic E-state index is 11.8. The summed E-state index contributed by atoms with van der Waals surface area (Å²) in [6, 6.07) is 4.52. The van der Waals surface area contributed by atoms with E-state index in [2.05, 4.69) is 0 Å². The highest BCUT2D eigenvalue weighted by molar-refractivity contribution is 6.30. The first kappa shape index (κ1) is 16.9. The van der Waals surface area contributed by atoms with E-state index in [0.717, 1.165) is 6.08 Å². The number of hydrogen-bond acceptors (Lipinski definition) is 4. The second-order valence-electron chi connectivity index (χ2n) is 4.21. The van der Waals surface area contributed by atoms with Crippen molar-refractivity contribution >= 4 is 35.4 Å². The van der Waals surface area contributed by atoms with E-state index >= 15 is 0 Å². The third kappa shape index (κ3) is 4.72. The van der Waals surface area contributed by atoms with Crippen molar-refractivity contribution in [1.29, 1.82) is 0 Å². The number of Topliss-reactive ketones (excluding diaryl/α,β-unsaturated/α-hetero) is 1. The maximum Gasteiger partial charge on any atom is 0.338 e.